The Balaban J connectivity index is 3.34. The molecule has 1 heterocycles. The third kappa shape index (κ3) is 1.07. The number of hydrogen-bond acceptors (Lipinski definition) is 3. The smallest absolute Gasteiger partial charge is 0.269 e. The molecule has 0 radical (unpaired) electrons. The fourth-order valence-electron chi connectivity index (χ4n) is 0.456. The summed E-state index contributed by atoms with van der Waals surface area (Å²) in [7, 11) is 0. The van der Waals surface area contributed by atoms with Crippen LogP contribution in [0, 0.1) is 6.92 Å². The van der Waals surface area contributed by atoms with Crippen molar-refractivity contribution in [2.75, 3.05) is 0 Å². The van der Waals surface area contributed by atoms with Crippen LogP contribution in [0.25, 0.3) is 0 Å². The first kappa shape index (κ1) is 5.81. The minimum atomic E-state index is -0.391. The second kappa shape index (κ2) is 1.89. The van der Waals surface area contributed by atoms with Crippen LogP contribution in [0.5, 0.6) is 5.88 Å². The molecule has 2 N–H and O–H groups in total. The van der Waals surface area contributed by atoms with Crippen LogP contribution in [0.4, 0.5) is 0 Å². The van der Waals surface area contributed by atoms with Crippen molar-refractivity contribution in [1.82, 2.24) is 9.97 Å². The lowest BCUT2D eigenvalue weighted by molar-refractivity contribution is 0.443. The maximum atomic E-state index is 10.4. The quantitative estimate of drug-likeness (QED) is 0.505. The Bertz CT molecular complexity index is 266. The van der Waals surface area contributed by atoms with E-state index in [1.807, 2.05) is 0 Å². The molecule has 48 valence electrons. The Morgan fingerprint density at radius 3 is 2.89 bits per heavy atom. The van der Waals surface area contributed by atoms with Crippen LogP contribution in [0.1, 0.15) is 5.69 Å². The van der Waals surface area contributed by atoms with E-state index in [0.717, 1.165) is 6.20 Å². The van der Waals surface area contributed by atoms with Crippen molar-refractivity contribution < 1.29 is 5.11 Å². The second-order valence-corrected chi connectivity index (χ2v) is 1.68. The first-order valence-corrected chi connectivity index (χ1v) is 2.45. The molecule has 0 aliphatic carbocycles. The molecule has 0 atom stereocenters. The molecule has 4 heteroatoms. The summed E-state index contributed by atoms with van der Waals surface area (Å²) in [6.45, 7) is 1.60. The highest BCUT2D eigenvalue weighted by Gasteiger charge is 1.93. The van der Waals surface area contributed by atoms with E-state index in [2.05, 4.69) is 9.97 Å². The highest BCUT2D eigenvalue weighted by molar-refractivity contribution is 5.12. The van der Waals surface area contributed by atoms with Gasteiger partial charge in [-0.1, -0.05) is 0 Å². The molecule has 9 heavy (non-hydrogen) atoms. The van der Waals surface area contributed by atoms with E-state index in [1.54, 1.807) is 6.92 Å². The van der Waals surface area contributed by atoms with Gasteiger partial charge in [0.25, 0.3) is 5.56 Å². The fourth-order valence-corrected chi connectivity index (χ4v) is 0.456. The monoisotopic (exact) mass is 126 g/mol. The number of aromatic hydroxyl groups is 1. The number of rotatable bonds is 0. The lowest BCUT2D eigenvalue weighted by Crippen LogP contribution is -2.05. The average Bonchev–Trinajstić information content (AvgIpc) is 1.80. The Kier molecular flexibility index (Phi) is 1.22. The van der Waals surface area contributed by atoms with E-state index in [9.17, 15) is 4.79 Å². The van der Waals surface area contributed by atoms with Gasteiger partial charge >= 0.3 is 0 Å². The number of aromatic nitrogens is 2. The molecule has 0 saturated carbocycles. The van der Waals surface area contributed by atoms with E-state index >= 15 is 0 Å². The third-order valence-corrected chi connectivity index (χ3v) is 0.960. The zero-order valence-electron chi connectivity index (χ0n) is 4.88. The predicted octanol–water partition coefficient (Wildman–Crippen LogP) is -0.216. The van der Waals surface area contributed by atoms with Crippen molar-refractivity contribution in [3.05, 3.63) is 22.2 Å². The second-order valence-electron chi connectivity index (χ2n) is 1.68. The summed E-state index contributed by atoms with van der Waals surface area (Å²) in [5.74, 6) is -0.164. The first-order chi connectivity index (χ1) is 4.20. The molecule has 0 aliphatic heterocycles. The zero-order chi connectivity index (χ0) is 6.85. The van der Waals surface area contributed by atoms with E-state index < -0.39 is 5.56 Å². The van der Waals surface area contributed by atoms with Crippen molar-refractivity contribution >= 4 is 0 Å². The molecule has 0 aromatic carbocycles. The van der Waals surface area contributed by atoms with Gasteiger partial charge in [-0.2, -0.15) is 0 Å². The van der Waals surface area contributed by atoms with Crippen LogP contribution in [0.15, 0.2) is 11.0 Å². The lowest BCUT2D eigenvalue weighted by Gasteiger charge is -1.91. The molecule has 0 aliphatic rings. The van der Waals surface area contributed by atoms with Gasteiger partial charge in [-0.25, -0.2) is 0 Å². The van der Waals surface area contributed by atoms with Gasteiger partial charge in [-0.3, -0.25) is 14.8 Å². The maximum absolute atomic E-state index is 10.4. The van der Waals surface area contributed by atoms with Crippen molar-refractivity contribution in [3.8, 4) is 5.88 Å². The average molecular weight is 126 g/mol. The first-order valence-electron chi connectivity index (χ1n) is 2.45. The molecule has 1 rings (SSSR count). The molecule has 1 aromatic rings. The number of H-pyrrole nitrogens is 1. The number of nitrogens with zero attached hydrogens (tertiary/aromatic N) is 1. The molecule has 0 saturated heterocycles. The van der Waals surface area contributed by atoms with Crippen molar-refractivity contribution in [2.45, 2.75) is 6.92 Å². The van der Waals surface area contributed by atoms with E-state index in [0.29, 0.717) is 5.69 Å². The van der Waals surface area contributed by atoms with Crippen LogP contribution in [-0.4, -0.2) is 15.1 Å². The van der Waals surface area contributed by atoms with Gasteiger partial charge < -0.3 is 5.11 Å². The van der Waals surface area contributed by atoms with E-state index in [4.69, 9.17) is 5.11 Å². The highest BCUT2D eigenvalue weighted by atomic mass is 16.3. The molecule has 0 spiro atoms. The van der Waals surface area contributed by atoms with Crippen LogP contribution >= 0.6 is 0 Å². The predicted molar refractivity (Wildman–Crippen MR) is 31.3 cm³/mol. The summed E-state index contributed by atoms with van der Waals surface area (Å²) < 4.78 is 0. The van der Waals surface area contributed by atoms with Crippen LogP contribution in [0.2, 0.25) is 0 Å². The fraction of sp³-hybridized carbons (Fsp3) is 0.200. The van der Waals surface area contributed by atoms with Gasteiger partial charge in [-0.15, -0.1) is 0 Å². The number of hydrogen-bond donors (Lipinski definition) is 2. The Labute approximate surface area is 51.2 Å². The number of nitrogens with one attached hydrogen (secondary N) is 1. The topological polar surface area (TPSA) is 66.0 Å². The molecule has 0 bridgehead atoms. The summed E-state index contributed by atoms with van der Waals surface area (Å²) in [5.41, 5.74) is 0.0349. The lowest BCUT2D eigenvalue weighted by atomic mass is 10.5. The standard InChI is InChI=1S/C5H6N2O2/c1-3-5(9)7-4(8)2-6-3/h2H,1H3,(H2,7,8,9). The SMILES string of the molecule is Cc1ncc(=O)[nH]c1O. The third-order valence-electron chi connectivity index (χ3n) is 0.960. The number of aromatic amines is 1. The van der Waals surface area contributed by atoms with Crippen LogP contribution in [-0.2, 0) is 0 Å². The minimum absolute atomic E-state index is 0.164. The minimum Gasteiger partial charge on any atom is -0.493 e. The molecule has 0 fully saturated rings. The van der Waals surface area contributed by atoms with Gasteiger partial charge in [0, 0.05) is 0 Å². The van der Waals surface area contributed by atoms with Crippen molar-refractivity contribution in [2.24, 2.45) is 0 Å². The Hall–Kier alpha value is -1.32. The van der Waals surface area contributed by atoms with Gasteiger partial charge in [0.05, 0.1) is 11.9 Å². The Morgan fingerprint density at radius 2 is 2.44 bits per heavy atom. The summed E-state index contributed by atoms with van der Waals surface area (Å²) in [6.07, 6.45) is 1.12. The highest BCUT2D eigenvalue weighted by Crippen LogP contribution is 2.01. The van der Waals surface area contributed by atoms with Gasteiger partial charge in [0.2, 0.25) is 5.88 Å². The molecular formula is C5H6N2O2. The molecule has 0 unspecified atom stereocenters. The molecule has 0 amide bonds. The van der Waals surface area contributed by atoms with E-state index in [1.165, 1.54) is 0 Å². The van der Waals surface area contributed by atoms with Crippen molar-refractivity contribution in [3.63, 3.8) is 0 Å². The zero-order valence-corrected chi connectivity index (χ0v) is 4.88. The summed E-state index contributed by atoms with van der Waals surface area (Å²) in [5, 5.41) is 8.78. The summed E-state index contributed by atoms with van der Waals surface area (Å²) in [6, 6.07) is 0. The largest absolute Gasteiger partial charge is 0.493 e. The summed E-state index contributed by atoms with van der Waals surface area (Å²) in [4.78, 5) is 16.1. The molecule has 4 nitrogen and oxygen atoms in total. The van der Waals surface area contributed by atoms with Crippen LogP contribution in [0.3, 0.4) is 0 Å². The van der Waals surface area contributed by atoms with Gasteiger partial charge in [0.1, 0.15) is 0 Å². The van der Waals surface area contributed by atoms with Gasteiger partial charge in [0.15, 0.2) is 0 Å². The normalized spacial score (nSPS) is 9.44. The van der Waals surface area contributed by atoms with Gasteiger partial charge in [-0.05, 0) is 6.92 Å². The van der Waals surface area contributed by atoms with E-state index in [-0.39, 0.29) is 5.88 Å². The van der Waals surface area contributed by atoms with Crippen LogP contribution < -0.4 is 5.56 Å². The number of aryl methyl sites for hydroxylation is 1. The van der Waals surface area contributed by atoms with Crippen molar-refractivity contribution in [1.29, 1.82) is 0 Å². The molecule has 1 aromatic heterocycles. The Morgan fingerprint density at radius 1 is 1.78 bits per heavy atom. The maximum Gasteiger partial charge on any atom is 0.269 e. The molecular weight excluding hydrogens is 120 g/mol. The summed E-state index contributed by atoms with van der Waals surface area (Å²) >= 11 is 0.